The summed E-state index contributed by atoms with van der Waals surface area (Å²) in [5.41, 5.74) is 2.40. The minimum atomic E-state index is 0.749. The van der Waals surface area contributed by atoms with Crippen LogP contribution in [0.4, 0.5) is 0 Å². The molecule has 0 spiro atoms. The molecule has 2 rings (SSSR count). The second-order valence-electron chi connectivity index (χ2n) is 5.70. The summed E-state index contributed by atoms with van der Waals surface area (Å²) in [7, 11) is 0. The molecular weight excluding hydrogens is 256 g/mol. The summed E-state index contributed by atoms with van der Waals surface area (Å²) < 4.78 is 5.75. The van der Waals surface area contributed by atoms with Gasteiger partial charge in [0.2, 0.25) is 0 Å². The van der Waals surface area contributed by atoms with E-state index in [0.717, 1.165) is 24.7 Å². The van der Waals surface area contributed by atoms with Crippen LogP contribution in [0.2, 0.25) is 0 Å². The van der Waals surface area contributed by atoms with Crippen molar-refractivity contribution in [2.75, 3.05) is 6.61 Å². The molecule has 2 aromatic rings. The minimum Gasteiger partial charge on any atom is -0.494 e. The molecule has 0 aliphatic carbocycles. The highest BCUT2D eigenvalue weighted by Gasteiger charge is 1.96. The molecule has 0 saturated carbocycles. The first kappa shape index (κ1) is 15.4. The van der Waals surface area contributed by atoms with Crippen molar-refractivity contribution >= 4 is 12.2 Å². The third-order valence-corrected chi connectivity index (χ3v) is 3.34. The van der Waals surface area contributed by atoms with Crippen LogP contribution in [0.5, 0.6) is 5.75 Å². The maximum atomic E-state index is 5.75. The van der Waals surface area contributed by atoms with Gasteiger partial charge in [-0.05, 0) is 42.0 Å². The van der Waals surface area contributed by atoms with E-state index in [1.807, 2.05) is 30.3 Å². The third kappa shape index (κ3) is 5.86. The zero-order valence-corrected chi connectivity index (χ0v) is 13.0. The number of hydrogen-bond donors (Lipinski definition) is 0. The van der Waals surface area contributed by atoms with E-state index < -0.39 is 0 Å². The summed E-state index contributed by atoms with van der Waals surface area (Å²) in [6.45, 7) is 5.29. The van der Waals surface area contributed by atoms with Crippen molar-refractivity contribution < 1.29 is 4.74 Å². The van der Waals surface area contributed by atoms with Crippen LogP contribution in [0.1, 0.15) is 37.8 Å². The maximum Gasteiger partial charge on any atom is 0.119 e. The van der Waals surface area contributed by atoms with E-state index in [2.05, 4.69) is 50.3 Å². The van der Waals surface area contributed by atoms with Crippen LogP contribution in [0.25, 0.3) is 12.2 Å². The van der Waals surface area contributed by atoms with Crippen molar-refractivity contribution in [2.45, 2.75) is 26.7 Å². The SMILES string of the molecule is CC(C)CCCOc1ccc(/C=C/c2ccccc2)cc1. The standard InChI is InChI=1S/C20H24O/c1-17(2)7-6-16-21-20-14-12-19(13-15-20)11-10-18-8-4-3-5-9-18/h3-5,8-15,17H,6-7,16H2,1-2H3/b11-10+. The predicted molar refractivity (Wildman–Crippen MR) is 91.4 cm³/mol. The molecule has 0 heterocycles. The van der Waals surface area contributed by atoms with Gasteiger partial charge < -0.3 is 4.74 Å². The smallest absolute Gasteiger partial charge is 0.119 e. The molecule has 0 unspecified atom stereocenters. The monoisotopic (exact) mass is 280 g/mol. The van der Waals surface area contributed by atoms with Crippen molar-refractivity contribution in [3.63, 3.8) is 0 Å². The lowest BCUT2D eigenvalue weighted by Gasteiger charge is -2.07. The Labute approximate surface area is 128 Å². The summed E-state index contributed by atoms with van der Waals surface area (Å²) in [6, 6.07) is 18.6. The van der Waals surface area contributed by atoms with Gasteiger partial charge >= 0.3 is 0 Å². The summed E-state index contributed by atoms with van der Waals surface area (Å²) in [5.74, 6) is 1.70. The van der Waals surface area contributed by atoms with Gasteiger partial charge in [-0.1, -0.05) is 68.5 Å². The fraction of sp³-hybridized carbons (Fsp3) is 0.300. The first-order valence-electron chi connectivity index (χ1n) is 7.70. The zero-order valence-electron chi connectivity index (χ0n) is 13.0. The van der Waals surface area contributed by atoms with E-state index in [9.17, 15) is 0 Å². The quantitative estimate of drug-likeness (QED) is 0.469. The Bertz CT molecular complexity index is 538. The average Bonchev–Trinajstić information content (AvgIpc) is 2.51. The van der Waals surface area contributed by atoms with Crippen LogP contribution in [-0.4, -0.2) is 6.61 Å². The van der Waals surface area contributed by atoms with Gasteiger partial charge in [0.15, 0.2) is 0 Å². The van der Waals surface area contributed by atoms with Crippen LogP contribution < -0.4 is 4.74 Å². The fourth-order valence-electron chi connectivity index (χ4n) is 2.11. The molecular formula is C20H24O. The molecule has 0 atom stereocenters. The maximum absolute atomic E-state index is 5.75. The van der Waals surface area contributed by atoms with E-state index in [1.54, 1.807) is 0 Å². The molecule has 0 N–H and O–H groups in total. The van der Waals surface area contributed by atoms with Gasteiger partial charge in [0, 0.05) is 0 Å². The summed E-state index contributed by atoms with van der Waals surface area (Å²) in [6.07, 6.45) is 6.58. The van der Waals surface area contributed by atoms with Crippen molar-refractivity contribution in [2.24, 2.45) is 5.92 Å². The Morgan fingerprint density at radius 3 is 2.10 bits per heavy atom. The van der Waals surface area contributed by atoms with Gasteiger partial charge in [-0.3, -0.25) is 0 Å². The van der Waals surface area contributed by atoms with Gasteiger partial charge in [-0.15, -0.1) is 0 Å². The normalized spacial score (nSPS) is 11.2. The van der Waals surface area contributed by atoms with Crippen LogP contribution in [0, 0.1) is 5.92 Å². The Hall–Kier alpha value is -2.02. The summed E-state index contributed by atoms with van der Waals surface area (Å²) in [4.78, 5) is 0. The van der Waals surface area contributed by atoms with Gasteiger partial charge in [0.05, 0.1) is 6.61 Å². The lowest BCUT2D eigenvalue weighted by atomic mass is 10.1. The Morgan fingerprint density at radius 2 is 1.48 bits per heavy atom. The van der Waals surface area contributed by atoms with Crippen LogP contribution in [-0.2, 0) is 0 Å². The van der Waals surface area contributed by atoms with Crippen molar-refractivity contribution in [1.82, 2.24) is 0 Å². The number of benzene rings is 2. The minimum absolute atomic E-state index is 0.749. The molecule has 0 radical (unpaired) electrons. The second kappa shape index (κ2) is 8.31. The van der Waals surface area contributed by atoms with Gasteiger partial charge in [0.1, 0.15) is 5.75 Å². The average molecular weight is 280 g/mol. The molecule has 0 aliphatic heterocycles. The lowest BCUT2D eigenvalue weighted by molar-refractivity contribution is 0.297. The third-order valence-electron chi connectivity index (χ3n) is 3.34. The highest BCUT2D eigenvalue weighted by Crippen LogP contribution is 2.15. The topological polar surface area (TPSA) is 9.23 Å². The molecule has 0 aromatic heterocycles. The Balaban J connectivity index is 1.83. The highest BCUT2D eigenvalue weighted by atomic mass is 16.5. The fourth-order valence-corrected chi connectivity index (χ4v) is 2.11. The Kier molecular flexibility index (Phi) is 6.08. The zero-order chi connectivity index (χ0) is 14.9. The lowest BCUT2D eigenvalue weighted by Crippen LogP contribution is -1.99. The van der Waals surface area contributed by atoms with E-state index in [4.69, 9.17) is 4.74 Å². The van der Waals surface area contributed by atoms with Gasteiger partial charge in [-0.2, -0.15) is 0 Å². The molecule has 0 aliphatic rings. The van der Waals surface area contributed by atoms with Crippen LogP contribution in [0.3, 0.4) is 0 Å². The molecule has 2 aromatic carbocycles. The first-order valence-corrected chi connectivity index (χ1v) is 7.70. The van der Waals surface area contributed by atoms with Crippen LogP contribution in [0.15, 0.2) is 54.6 Å². The molecule has 0 amide bonds. The van der Waals surface area contributed by atoms with Crippen LogP contribution >= 0.6 is 0 Å². The van der Waals surface area contributed by atoms with E-state index in [-0.39, 0.29) is 0 Å². The van der Waals surface area contributed by atoms with Gasteiger partial charge in [0.25, 0.3) is 0 Å². The molecule has 0 saturated heterocycles. The molecule has 1 heteroatoms. The predicted octanol–water partition coefficient (Wildman–Crippen LogP) is 5.67. The highest BCUT2D eigenvalue weighted by molar-refractivity contribution is 5.69. The number of hydrogen-bond acceptors (Lipinski definition) is 1. The number of rotatable bonds is 7. The molecule has 21 heavy (non-hydrogen) atoms. The second-order valence-corrected chi connectivity index (χ2v) is 5.70. The summed E-state index contributed by atoms with van der Waals surface area (Å²) >= 11 is 0. The molecule has 1 nitrogen and oxygen atoms in total. The van der Waals surface area contributed by atoms with Crippen molar-refractivity contribution in [1.29, 1.82) is 0 Å². The van der Waals surface area contributed by atoms with E-state index in [1.165, 1.54) is 17.5 Å². The van der Waals surface area contributed by atoms with Gasteiger partial charge in [-0.25, -0.2) is 0 Å². The molecule has 0 fully saturated rings. The van der Waals surface area contributed by atoms with Crippen molar-refractivity contribution in [3.8, 4) is 5.75 Å². The molecule has 110 valence electrons. The Morgan fingerprint density at radius 1 is 0.857 bits per heavy atom. The number of ether oxygens (including phenoxy) is 1. The first-order chi connectivity index (χ1) is 10.2. The molecule has 0 bridgehead atoms. The van der Waals surface area contributed by atoms with E-state index >= 15 is 0 Å². The van der Waals surface area contributed by atoms with E-state index in [0.29, 0.717) is 0 Å². The van der Waals surface area contributed by atoms with Crippen molar-refractivity contribution in [3.05, 3.63) is 65.7 Å². The largest absolute Gasteiger partial charge is 0.494 e. The summed E-state index contributed by atoms with van der Waals surface area (Å²) in [5, 5.41) is 0.